The molecule has 1 aromatic rings. The van der Waals surface area contributed by atoms with Gasteiger partial charge in [0.15, 0.2) is 17.3 Å². The van der Waals surface area contributed by atoms with E-state index in [1.165, 1.54) is 19.3 Å². The predicted octanol–water partition coefficient (Wildman–Crippen LogP) is 4.05. The van der Waals surface area contributed by atoms with E-state index in [4.69, 9.17) is 14.2 Å². The first-order valence-electron chi connectivity index (χ1n) is 9.28. The Labute approximate surface area is 150 Å². The summed E-state index contributed by atoms with van der Waals surface area (Å²) in [6.45, 7) is 0. The van der Waals surface area contributed by atoms with Crippen molar-refractivity contribution in [3.05, 3.63) is 12.1 Å². The van der Waals surface area contributed by atoms with Crippen LogP contribution in [0.2, 0.25) is 0 Å². The Hall–Kier alpha value is -1.91. The maximum absolute atomic E-state index is 13.1. The van der Waals surface area contributed by atoms with Crippen LogP contribution in [0.5, 0.6) is 17.2 Å². The molecule has 0 heterocycles. The quantitative estimate of drug-likeness (QED) is 0.769. The number of benzene rings is 1. The highest BCUT2D eigenvalue weighted by Crippen LogP contribution is 2.42. The molecule has 5 heteroatoms. The fraction of sp³-hybridized carbons (Fsp3) is 0.650. The molecular weight excluding hydrogens is 318 g/mol. The number of nitrogens with one attached hydrogen (secondary N) is 1. The lowest BCUT2D eigenvalue weighted by molar-refractivity contribution is -0.125. The highest BCUT2D eigenvalue weighted by molar-refractivity contribution is 5.89. The van der Waals surface area contributed by atoms with Gasteiger partial charge in [-0.15, -0.1) is 0 Å². The molecule has 1 N–H and O–H groups in total. The second-order valence-corrected chi connectivity index (χ2v) is 7.11. The summed E-state index contributed by atoms with van der Waals surface area (Å²) in [6.07, 6.45) is 7.95. The van der Waals surface area contributed by atoms with E-state index in [2.05, 4.69) is 5.32 Å². The lowest BCUT2D eigenvalue weighted by Gasteiger charge is -2.27. The molecule has 2 fully saturated rings. The van der Waals surface area contributed by atoms with Gasteiger partial charge in [-0.3, -0.25) is 4.79 Å². The van der Waals surface area contributed by atoms with Gasteiger partial charge in [-0.05, 0) is 31.6 Å². The van der Waals surface area contributed by atoms with E-state index in [1.807, 2.05) is 12.1 Å². The summed E-state index contributed by atoms with van der Waals surface area (Å²) < 4.78 is 16.2. The van der Waals surface area contributed by atoms with E-state index < -0.39 is 0 Å². The Morgan fingerprint density at radius 1 is 0.960 bits per heavy atom. The molecule has 0 radical (unpaired) electrons. The first kappa shape index (κ1) is 17.9. The van der Waals surface area contributed by atoms with Gasteiger partial charge in [-0.1, -0.05) is 19.3 Å². The fourth-order valence-corrected chi connectivity index (χ4v) is 3.84. The molecule has 0 bridgehead atoms. The number of hydrogen-bond donors (Lipinski definition) is 1. The second kappa shape index (κ2) is 7.98. The number of ether oxygens (including phenoxy) is 3. The number of methoxy groups -OCH3 is 3. The summed E-state index contributed by atoms with van der Waals surface area (Å²) in [5.41, 5.74) is 0.843. The predicted molar refractivity (Wildman–Crippen MR) is 97.8 cm³/mol. The van der Waals surface area contributed by atoms with Crippen LogP contribution in [0, 0.1) is 11.8 Å². The van der Waals surface area contributed by atoms with Crippen LogP contribution < -0.4 is 19.5 Å². The number of ketones is 1. The van der Waals surface area contributed by atoms with Gasteiger partial charge in [0, 0.05) is 23.7 Å². The van der Waals surface area contributed by atoms with Crippen LogP contribution in [0.15, 0.2) is 12.1 Å². The number of anilines is 1. The van der Waals surface area contributed by atoms with Gasteiger partial charge in [0.05, 0.1) is 27.4 Å². The first-order valence-corrected chi connectivity index (χ1v) is 9.28. The summed E-state index contributed by atoms with van der Waals surface area (Å²) >= 11 is 0. The van der Waals surface area contributed by atoms with Crippen LogP contribution in [0.3, 0.4) is 0 Å². The third-order valence-corrected chi connectivity index (χ3v) is 5.39. The molecule has 0 aliphatic heterocycles. The van der Waals surface area contributed by atoms with Crippen molar-refractivity contribution in [3.8, 4) is 17.2 Å². The van der Waals surface area contributed by atoms with Crippen LogP contribution in [-0.2, 0) is 4.79 Å². The molecule has 2 aliphatic carbocycles. The molecule has 0 aromatic heterocycles. The Morgan fingerprint density at radius 3 is 2.04 bits per heavy atom. The number of carbonyl (C=O) groups excluding carboxylic acids is 1. The van der Waals surface area contributed by atoms with Gasteiger partial charge in [0.25, 0.3) is 0 Å². The van der Waals surface area contributed by atoms with Crippen molar-refractivity contribution in [3.63, 3.8) is 0 Å². The van der Waals surface area contributed by atoms with Crippen LogP contribution in [0.25, 0.3) is 0 Å². The Balaban J connectivity index is 1.81. The summed E-state index contributed by atoms with van der Waals surface area (Å²) in [4.78, 5) is 13.1. The molecule has 0 saturated heterocycles. The fourth-order valence-electron chi connectivity index (χ4n) is 3.84. The van der Waals surface area contributed by atoms with Crippen molar-refractivity contribution < 1.29 is 19.0 Å². The lowest BCUT2D eigenvalue weighted by Crippen LogP contribution is -2.37. The highest BCUT2D eigenvalue weighted by atomic mass is 16.5. The molecule has 3 rings (SSSR count). The second-order valence-electron chi connectivity index (χ2n) is 7.11. The zero-order chi connectivity index (χ0) is 17.8. The molecule has 0 spiro atoms. The third-order valence-electron chi connectivity index (χ3n) is 5.39. The minimum atomic E-state index is -0.106. The topological polar surface area (TPSA) is 56.8 Å². The SMILES string of the molecule is COc1cc(N[C@@H](C(=O)C2CCCCC2)C2CC2)cc(OC)c1OC. The van der Waals surface area contributed by atoms with Crippen molar-refractivity contribution in [2.45, 2.75) is 51.0 Å². The average Bonchev–Trinajstić information content (AvgIpc) is 3.50. The molecule has 1 aromatic carbocycles. The van der Waals surface area contributed by atoms with E-state index in [0.29, 0.717) is 28.9 Å². The minimum absolute atomic E-state index is 0.106. The molecule has 0 unspecified atom stereocenters. The van der Waals surface area contributed by atoms with Gasteiger partial charge in [-0.2, -0.15) is 0 Å². The van der Waals surface area contributed by atoms with Crippen molar-refractivity contribution in [2.75, 3.05) is 26.6 Å². The summed E-state index contributed by atoms with van der Waals surface area (Å²) in [7, 11) is 4.80. The molecule has 0 amide bonds. The maximum atomic E-state index is 13.1. The molecule has 1 atom stereocenters. The Morgan fingerprint density at radius 2 is 1.56 bits per heavy atom. The molecule has 2 aliphatic rings. The lowest BCUT2D eigenvalue weighted by atomic mass is 9.82. The van der Waals surface area contributed by atoms with Crippen molar-refractivity contribution in [1.29, 1.82) is 0 Å². The van der Waals surface area contributed by atoms with E-state index in [1.54, 1.807) is 21.3 Å². The van der Waals surface area contributed by atoms with Crippen molar-refractivity contribution >= 4 is 11.5 Å². The summed E-state index contributed by atoms with van der Waals surface area (Å²) in [6, 6.07) is 3.65. The summed E-state index contributed by atoms with van der Waals surface area (Å²) in [5.74, 6) is 2.82. The molecular formula is C20H29NO4. The standard InChI is InChI=1S/C20H29NO4/c1-23-16-11-15(12-17(24-2)20(16)25-3)21-18(13-9-10-13)19(22)14-7-5-4-6-8-14/h11-14,18,21H,4-10H2,1-3H3/t18-/m1/s1. The number of hydrogen-bond acceptors (Lipinski definition) is 5. The smallest absolute Gasteiger partial charge is 0.203 e. The van der Waals surface area contributed by atoms with E-state index >= 15 is 0 Å². The van der Waals surface area contributed by atoms with Gasteiger partial charge in [0.1, 0.15) is 0 Å². The Kier molecular flexibility index (Phi) is 5.71. The van der Waals surface area contributed by atoms with E-state index in [0.717, 1.165) is 31.4 Å². The minimum Gasteiger partial charge on any atom is -0.493 e. The van der Waals surface area contributed by atoms with Crippen molar-refractivity contribution in [2.24, 2.45) is 11.8 Å². The highest BCUT2D eigenvalue weighted by Gasteiger charge is 2.39. The van der Waals surface area contributed by atoms with Crippen LogP contribution in [-0.4, -0.2) is 33.2 Å². The molecule has 25 heavy (non-hydrogen) atoms. The van der Waals surface area contributed by atoms with E-state index in [9.17, 15) is 4.79 Å². The number of carbonyl (C=O) groups is 1. The largest absolute Gasteiger partial charge is 0.493 e. The third kappa shape index (κ3) is 4.02. The average molecular weight is 347 g/mol. The maximum Gasteiger partial charge on any atom is 0.203 e. The van der Waals surface area contributed by atoms with Crippen LogP contribution in [0.1, 0.15) is 44.9 Å². The van der Waals surface area contributed by atoms with Gasteiger partial charge < -0.3 is 19.5 Å². The monoisotopic (exact) mass is 347 g/mol. The van der Waals surface area contributed by atoms with Gasteiger partial charge >= 0.3 is 0 Å². The summed E-state index contributed by atoms with van der Waals surface area (Å²) in [5, 5.41) is 3.47. The molecule has 5 nitrogen and oxygen atoms in total. The zero-order valence-electron chi connectivity index (χ0n) is 15.5. The zero-order valence-corrected chi connectivity index (χ0v) is 15.5. The number of Topliss-reactive ketones (excluding diaryl/α,β-unsaturated/α-hetero) is 1. The van der Waals surface area contributed by atoms with Crippen molar-refractivity contribution in [1.82, 2.24) is 0 Å². The number of rotatable bonds is 8. The normalized spacial score (nSPS) is 19.2. The molecule has 2 saturated carbocycles. The van der Waals surface area contributed by atoms with E-state index in [-0.39, 0.29) is 12.0 Å². The van der Waals surface area contributed by atoms with Gasteiger partial charge in [-0.25, -0.2) is 0 Å². The first-order chi connectivity index (χ1) is 12.2. The molecule has 138 valence electrons. The van der Waals surface area contributed by atoms with Crippen LogP contribution >= 0.6 is 0 Å². The van der Waals surface area contributed by atoms with Gasteiger partial charge in [0.2, 0.25) is 5.75 Å². The van der Waals surface area contributed by atoms with Crippen LogP contribution in [0.4, 0.5) is 5.69 Å². The Bertz CT molecular complexity index is 581.